The highest BCUT2D eigenvalue weighted by Gasteiger charge is 2.16. The topological polar surface area (TPSA) is 17.1 Å². The lowest BCUT2D eigenvalue weighted by atomic mass is 10.1. The van der Waals surface area contributed by atoms with Gasteiger partial charge in [0, 0.05) is 15.4 Å². The van der Waals surface area contributed by atoms with Crippen LogP contribution in [0.25, 0.3) is 0 Å². The number of rotatable bonds is 2. The first-order valence-electron chi connectivity index (χ1n) is 4.31. The van der Waals surface area contributed by atoms with E-state index in [0.717, 1.165) is 0 Å². The predicted molar refractivity (Wildman–Crippen MR) is 66.9 cm³/mol. The molecule has 16 heavy (non-hydrogen) atoms. The van der Waals surface area contributed by atoms with Crippen molar-refractivity contribution < 1.29 is 9.18 Å². The molecule has 0 saturated carbocycles. The molecule has 82 valence electrons. The fraction of sp³-hybridized carbons (Fsp3) is 0. The lowest BCUT2D eigenvalue weighted by molar-refractivity contribution is 0.103. The fourth-order valence-electron chi connectivity index (χ4n) is 1.25. The zero-order valence-corrected chi connectivity index (χ0v) is 11.0. The van der Waals surface area contributed by atoms with E-state index in [-0.39, 0.29) is 11.3 Å². The molecule has 0 aliphatic rings. The summed E-state index contributed by atoms with van der Waals surface area (Å²) < 4.78 is 14.0. The summed E-state index contributed by atoms with van der Waals surface area (Å²) >= 11 is 10.3. The van der Waals surface area contributed by atoms with Crippen LogP contribution in [-0.2, 0) is 0 Å². The van der Waals surface area contributed by atoms with Crippen LogP contribution >= 0.6 is 38.9 Å². The van der Waals surface area contributed by atoms with Crippen molar-refractivity contribution in [2.24, 2.45) is 0 Å². The number of hydrogen-bond donors (Lipinski definition) is 0. The molecule has 0 aliphatic carbocycles. The van der Waals surface area contributed by atoms with E-state index in [0.29, 0.717) is 15.1 Å². The Kier molecular flexibility index (Phi) is 3.42. The lowest BCUT2D eigenvalue weighted by Gasteiger charge is -2.03. The molecule has 0 radical (unpaired) electrons. The van der Waals surface area contributed by atoms with Crippen LogP contribution < -0.4 is 0 Å². The second kappa shape index (κ2) is 4.65. The van der Waals surface area contributed by atoms with Gasteiger partial charge in [0.2, 0.25) is 0 Å². The lowest BCUT2D eigenvalue weighted by Crippen LogP contribution is -2.03. The molecule has 5 heteroatoms. The highest BCUT2D eigenvalue weighted by molar-refractivity contribution is 9.10. The summed E-state index contributed by atoms with van der Waals surface area (Å²) in [6, 6.07) is 4.19. The Morgan fingerprint density at radius 3 is 2.81 bits per heavy atom. The van der Waals surface area contributed by atoms with Gasteiger partial charge in [-0.1, -0.05) is 11.6 Å². The summed E-state index contributed by atoms with van der Waals surface area (Å²) in [5.41, 5.74) is 0.467. The van der Waals surface area contributed by atoms with E-state index in [1.807, 2.05) is 0 Å². The van der Waals surface area contributed by atoms with Crippen LogP contribution in [0.3, 0.4) is 0 Å². The molecule has 0 bridgehead atoms. The number of carbonyl (C=O) groups excluding carboxylic acids is 1. The largest absolute Gasteiger partial charge is 0.288 e. The first kappa shape index (κ1) is 11.8. The highest BCUT2D eigenvalue weighted by atomic mass is 79.9. The second-order valence-electron chi connectivity index (χ2n) is 3.09. The van der Waals surface area contributed by atoms with Crippen LogP contribution in [0.2, 0.25) is 5.02 Å². The van der Waals surface area contributed by atoms with E-state index in [9.17, 15) is 9.18 Å². The van der Waals surface area contributed by atoms with Gasteiger partial charge in [-0.25, -0.2) is 4.39 Å². The quantitative estimate of drug-likeness (QED) is 0.587. The SMILES string of the molecule is O=C(c1ccsc1)c1cc(Cl)c(Br)cc1F. The van der Waals surface area contributed by atoms with E-state index in [1.54, 1.807) is 16.8 Å². The third kappa shape index (κ3) is 2.19. The molecule has 2 rings (SSSR count). The van der Waals surface area contributed by atoms with Gasteiger partial charge in [-0.2, -0.15) is 11.3 Å². The molecular weight excluding hydrogens is 315 g/mol. The zero-order chi connectivity index (χ0) is 11.7. The molecular formula is C11H5BrClFOS. The summed E-state index contributed by atoms with van der Waals surface area (Å²) in [5, 5.41) is 3.77. The van der Waals surface area contributed by atoms with Crippen LogP contribution in [0, 0.1) is 5.82 Å². The molecule has 0 unspecified atom stereocenters. The summed E-state index contributed by atoms with van der Waals surface area (Å²) in [4.78, 5) is 11.9. The monoisotopic (exact) mass is 318 g/mol. The van der Waals surface area contributed by atoms with Gasteiger partial charge in [-0.05, 0) is 39.5 Å². The minimum absolute atomic E-state index is 0.00778. The first-order valence-corrected chi connectivity index (χ1v) is 6.42. The molecule has 0 spiro atoms. The minimum atomic E-state index is -0.576. The maximum Gasteiger partial charge on any atom is 0.196 e. The Morgan fingerprint density at radius 2 is 2.19 bits per heavy atom. The highest BCUT2D eigenvalue weighted by Crippen LogP contribution is 2.27. The van der Waals surface area contributed by atoms with Crippen LogP contribution in [0.15, 0.2) is 33.4 Å². The van der Waals surface area contributed by atoms with Gasteiger partial charge in [-0.15, -0.1) is 0 Å². The van der Waals surface area contributed by atoms with E-state index >= 15 is 0 Å². The molecule has 1 aromatic carbocycles. The number of halogens is 3. The van der Waals surface area contributed by atoms with Crippen molar-refractivity contribution in [2.75, 3.05) is 0 Å². The fourth-order valence-corrected chi connectivity index (χ4v) is 2.36. The molecule has 1 heterocycles. The van der Waals surface area contributed by atoms with Crippen molar-refractivity contribution in [1.29, 1.82) is 0 Å². The Labute approximate surface area is 109 Å². The van der Waals surface area contributed by atoms with Gasteiger partial charge in [0.25, 0.3) is 0 Å². The van der Waals surface area contributed by atoms with E-state index in [4.69, 9.17) is 11.6 Å². The van der Waals surface area contributed by atoms with Gasteiger partial charge >= 0.3 is 0 Å². The summed E-state index contributed by atoms with van der Waals surface area (Å²) in [7, 11) is 0. The van der Waals surface area contributed by atoms with Crippen molar-refractivity contribution in [2.45, 2.75) is 0 Å². The van der Waals surface area contributed by atoms with Gasteiger partial charge in [0.1, 0.15) is 5.82 Å². The van der Waals surface area contributed by atoms with Crippen LogP contribution in [0.4, 0.5) is 4.39 Å². The van der Waals surface area contributed by atoms with Crippen molar-refractivity contribution in [3.05, 3.63) is 55.4 Å². The number of ketones is 1. The molecule has 1 nitrogen and oxygen atoms in total. The normalized spacial score (nSPS) is 10.4. The minimum Gasteiger partial charge on any atom is -0.288 e. The van der Waals surface area contributed by atoms with Crippen molar-refractivity contribution in [1.82, 2.24) is 0 Å². The third-order valence-electron chi connectivity index (χ3n) is 2.04. The average molecular weight is 320 g/mol. The van der Waals surface area contributed by atoms with E-state index in [2.05, 4.69) is 15.9 Å². The maximum absolute atomic E-state index is 13.6. The van der Waals surface area contributed by atoms with Crippen molar-refractivity contribution in [3.8, 4) is 0 Å². The summed E-state index contributed by atoms with van der Waals surface area (Å²) in [5.74, 6) is -0.930. The molecule has 0 N–H and O–H groups in total. The molecule has 0 fully saturated rings. The average Bonchev–Trinajstić information content (AvgIpc) is 2.75. The standard InChI is InChI=1S/C11H5BrClFOS/c12-8-4-10(14)7(3-9(8)13)11(15)6-1-2-16-5-6/h1-5H. The van der Waals surface area contributed by atoms with Crippen molar-refractivity contribution in [3.63, 3.8) is 0 Å². The van der Waals surface area contributed by atoms with Gasteiger partial charge < -0.3 is 0 Å². The molecule has 0 atom stereocenters. The molecule has 0 amide bonds. The van der Waals surface area contributed by atoms with Gasteiger partial charge in [0.15, 0.2) is 5.78 Å². The number of thiophene rings is 1. The number of carbonyl (C=O) groups is 1. The first-order chi connectivity index (χ1) is 7.59. The molecule has 0 aliphatic heterocycles. The van der Waals surface area contributed by atoms with Gasteiger partial charge in [0.05, 0.1) is 10.6 Å². The van der Waals surface area contributed by atoms with E-state index in [1.165, 1.54) is 23.5 Å². The number of benzene rings is 1. The van der Waals surface area contributed by atoms with Crippen LogP contribution in [0.5, 0.6) is 0 Å². The Bertz CT molecular complexity index is 539. The van der Waals surface area contributed by atoms with Crippen molar-refractivity contribution >= 4 is 44.7 Å². The number of hydrogen-bond acceptors (Lipinski definition) is 2. The summed E-state index contributed by atoms with van der Waals surface area (Å²) in [6.45, 7) is 0. The Hall–Kier alpha value is -0.710. The van der Waals surface area contributed by atoms with Crippen LogP contribution in [-0.4, -0.2) is 5.78 Å². The summed E-state index contributed by atoms with van der Waals surface area (Å²) in [6.07, 6.45) is 0. The third-order valence-corrected chi connectivity index (χ3v) is 3.92. The molecule has 0 saturated heterocycles. The molecule has 1 aromatic heterocycles. The Balaban J connectivity index is 2.49. The van der Waals surface area contributed by atoms with Crippen LogP contribution in [0.1, 0.15) is 15.9 Å². The molecule has 2 aromatic rings. The maximum atomic E-state index is 13.6. The zero-order valence-electron chi connectivity index (χ0n) is 7.84. The predicted octanol–water partition coefficient (Wildman–Crippen LogP) is 4.53. The second-order valence-corrected chi connectivity index (χ2v) is 5.13. The smallest absolute Gasteiger partial charge is 0.196 e. The van der Waals surface area contributed by atoms with E-state index < -0.39 is 5.82 Å². The van der Waals surface area contributed by atoms with Gasteiger partial charge in [-0.3, -0.25) is 4.79 Å². The Morgan fingerprint density at radius 1 is 1.44 bits per heavy atom.